The third-order valence-electron chi connectivity index (χ3n) is 5.63. The molecule has 0 bridgehead atoms. The van der Waals surface area contributed by atoms with Crippen LogP contribution in [0.5, 0.6) is 5.75 Å². The molecule has 0 fully saturated rings. The van der Waals surface area contributed by atoms with Crippen molar-refractivity contribution in [1.82, 2.24) is 4.90 Å². The number of carbonyl (C=O) groups is 1. The average Bonchev–Trinajstić information content (AvgIpc) is 3.05. The zero-order valence-corrected chi connectivity index (χ0v) is 17.2. The van der Waals surface area contributed by atoms with Crippen molar-refractivity contribution in [2.24, 2.45) is 0 Å². The lowest BCUT2D eigenvalue weighted by Gasteiger charge is -2.28. The molecule has 152 valence electrons. The Morgan fingerprint density at radius 2 is 1.60 bits per heavy atom. The highest BCUT2D eigenvalue weighted by molar-refractivity contribution is 6.05. The number of benzene rings is 3. The van der Waals surface area contributed by atoms with Crippen LogP contribution < -0.4 is 4.74 Å². The number of aryl methyl sites for hydroxylation is 1. The highest BCUT2D eigenvalue weighted by atomic mass is 16.5. The molecule has 4 heteroatoms. The molecule has 1 aliphatic heterocycles. The number of hydrogen-bond acceptors (Lipinski definition) is 3. The third-order valence-corrected chi connectivity index (χ3v) is 5.63. The van der Waals surface area contributed by atoms with Crippen LogP contribution in [-0.4, -0.2) is 23.0 Å². The summed E-state index contributed by atoms with van der Waals surface area (Å²) in [5.41, 5.74) is 4.58. The Hall–Kier alpha value is -3.53. The number of carbonyl (C=O) groups excluding carboxylic acids is 1. The summed E-state index contributed by atoms with van der Waals surface area (Å²) in [6.07, 6.45) is 0.946. The van der Waals surface area contributed by atoms with Crippen LogP contribution in [0, 0.1) is 0 Å². The van der Waals surface area contributed by atoms with E-state index in [0.29, 0.717) is 12.1 Å². The molecular weight excluding hydrogens is 374 g/mol. The van der Waals surface area contributed by atoms with Crippen LogP contribution in [0.25, 0.3) is 5.57 Å². The molecule has 1 amide bonds. The van der Waals surface area contributed by atoms with Crippen molar-refractivity contribution >= 4 is 11.5 Å². The van der Waals surface area contributed by atoms with Gasteiger partial charge in [0.15, 0.2) is 5.76 Å². The number of rotatable bonds is 6. The van der Waals surface area contributed by atoms with Crippen molar-refractivity contribution in [3.63, 3.8) is 0 Å². The lowest BCUT2D eigenvalue weighted by Crippen LogP contribution is -2.30. The van der Waals surface area contributed by atoms with Crippen molar-refractivity contribution in [2.75, 3.05) is 7.11 Å². The van der Waals surface area contributed by atoms with Gasteiger partial charge in [0.1, 0.15) is 5.75 Å². The van der Waals surface area contributed by atoms with Crippen molar-refractivity contribution in [3.8, 4) is 5.75 Å². The number of hydrogen-bond donors (Lipinski definition) is 1. The van der Waals surface area contributed by atoms with E-state index < -0.39 is 0 Å². The fourth-order valence-corrected chi connectivity index (χ4v) is 4.03. The SMILES string of the molecule is CCc1ccc(C2C(c3ccccc3)=C(O)C(=O)N2Cc2ccccc2OC)cc1. The topological polar surface area (TPSA) is 49.8 Å². The molecule has 3 aromatic rings. The summed E-state index contributed by atoms with van der Waals surface area (Å²) >= 11 is 0. The smallest absolute Gasteiger partial charge is 0.290 e. The Balaban J connectivity index is 1.81. The normalized spacial score (nSPS) is 16.3. The number of aliphatic hydroxyl groups excluding tert-OH is 1. The number of methoxy groups -OCH3 is 1. The third kappa shape index (κ3) is 3.57. The molecule has 1 atom stereocenters. The van der Waals surface area contributed by atoms with E-state index in [2.05, 4.69) is 19.1 Å². The van der Waals surface area contributed by atoms with Gasteiger partial charge in [-0.05, 0) is 29.2 Å². The molecule has 0 spiro atoms. The maximum absolute atomic E-state index is 13.2. The van der Waals surface area contributed by atoms with Gasteiger partial charge in [0.05, 0.1) is 19.7 Å². The van der Waals surface area contributed by atoms with E-state index in [9.17, 15) is 9.90 Å². The molecule has 0 aliphatic carbocycles. The highest BCUT2D eigenvalue weighted by Crippen LogP contribution is 2.44. The molecule has 0 aromatic heterocycles. The van der Waals surface area contributed by atoms with E-state index in [1.807, 2.05) is 66.7 Å². The maximum Gasteiger partial charge on any atom is 0.290 e. The molecule has 1 heterocycles. The number of aliphatic hydroxyl groups is 1. The zero-order chi connectivity index (χ0) is 21.1. The van der Waals surface area contributed by atoms with Gasteiger partial charge in [-0.15, -0.1) is 0 Å². The van der Waals surface area contributed by atoms with Crippen LogP contribution in [0.4, 0.5) is 0 Å². The minimum Gasteiger partial charge on any atom is -0.503 e. The van der Waals surface area contributed by atoms with Gasteiger partial charge in [-0.3, -0.25) is 4.79 Å². The van der Waals surface area contributed by atoms with E-state index in [1.54, 1.807) is 12.0 Å². The van der Waals surface area contributed by atoms with Crippen molar-refractivity contribution < 1.29 is 14.6 Å². The molecule has 3 aromatic carbocycles. The van der Waals surface area contributed by atoms with E-state index in [4.69, 9.17) is 4.74 Å². The second-order valence-corrected chi connectivity index (χ2v) is 7.37. The summed E-state index contributed by atoms with van der Waals surface area (Å²) in [5, 5.41) is 10.9. The summed E-state index contributed by atoms with van der Waals surface area (Å²) in [7, 11) is 1.62. The highest BCUT2D eigenvalue weighted by Gasteiger charge is 2.41. The molecule has 4 nitrogen and oxygen atoms in total. The zero-order valence-electron chi connectivity index (χ0n) is 17.2. The predicted molar refractivity (Wildman–Crippen MR) is 118 cm³/mol. The number of amides is 1. The molecule has 1 aliphatic rings. The first-order valence-electron chi connectivity index (χ1n) is 10.1. The summed E-state index contributed by atoms with van der Waals surface area (Å²) in [6, 6.07) is 25.2. The van der Waals surface area contributed by atoms with Gasteiger partial charge in [0.2, 0.25) is 0 Å². The fourth-order valence-electron chi connectivity index (χ4n) is 4.03. The van der Waals surface area contributed by atoms with E-state index in [0.717, 1.165) is 28.9 Å². The van der Waals surface area contributed by atoms with Crippen LogP contribution in [-0.2, 0) is 17.8 Å². The minimum absolute atomic E-state index is 0.194. The summed E-state index contributed by atoms with van der Waals surface area (Å²) < 4.78 is 5.49. The quantitative estimate of drug-likeness (QED) is 0.611. The van der Waals surface area contributed by atoms with Gasteiger partial charge < -0.3 is 14.7 Å². The Labute approximate surface area is 177 Å². The molecule has 0 radical (unpaired) electrons. The van der Waals surface area contributed by atoms with Gasteiger partial charge in [-0.1, -0.05) is 79.7 Å². The monoisotopic (exact) mass is 399 g/mol. The lowest BCUT2D eigenvalue weighted by molar-refractivity contribution is -0.130. The Bertz CT molecular complexity index is 1070. The maximum atomic E-state index is 13.2. The Kier molecular flexibility index (Phi) is 5.57. The fraction of sp³-hybridized carbons (Fsp3) is 0.192. The molecule has 1 unspecified atom stereocenters. The van der Waals surface area contributed by atoms with E-state index >= 15 is 0 Å². The number of ether oxygens (including phenoxy) is 1. The molecule has 4 rings (SSSR count). The Morgan fingerprint density at radius 1 is 0.933 bits per heavy atom. The first kappa shape index (κ1) is 19.8. The number of para-hydroxylation sites is 1. The average molecular weight is 399 g/mol. The first-order valence-corrected chi connectivity index (χ1v) is 10.1. The molecule has 0 saturated heterocycles. The first-order chi connectivity index (χ1) is 14.6. The molecule has 30 heavy (non-hydrogen) atoms. The van der Waals surface area contributed by atoms with Crippen molar-refractivity contribution in [1.29, 1.82) is 0 Å². The standard InChI is InChI=1S/C26H25NO3/c1-3-18-13-15-20(16-14-18)24-23(19-9-5-4-6-10-19)25(28)26(29)27(24)17-21-11-7-8-12-22(21)30-2/h4-16,24,28H,3,17H2,1-2H3. The van der Waals surface area contributed by atoms with Crippen LogP contribution in [0.15, 0.2) is 84.6 Å². The second-order valence-electron chi connectivity index (χ2n) is 7.37. The van der Waals surface area contributed by atoms with Crippen molar-refractivity contribution in [2.45, 2.75) is 25.9 Å². The van der Waals surface area contributed by atoms with Gasteiger partial charge in [0, 0.05) is 11.1 Å². The summed E-state index contributed by atoms with van der Waals surface area (Å²) in [4.78, 5) is 14.9. The van der Waals surface area contributed by atoms with Gasteiger partial charge in [0.25, 0.3) is 5.91 Å². The number of nitrogens with zero attached hydrogens (tertiary/aromatic N) is 1. The van der Waals surface area contributed by atoms with Gasteiger partial charge >= 0.3 is 0 Å². The Morgan fingerprint density at radius 3 is 2.27 bits per heavy atom. The summed E-state index contributed by atoms with van der Waals surface area (Å²) in [5.74, 6) is 0.156. The van der Waals surface area contributed by atoms with Crippen LogP contribution in [0.3, 0.4) is 0 Å². The lowest BCUT2D eigenvalue weighted by atomic mass is 9.92. The van der Waals surface area contributed by atoms with Crippen LogP contribution in [0.2, 0.25) is 0 Å². The van der Waals surface area contributed by atoms with Gasteiger partial charge in [-0.2, -0.15) is 0 Å². The van der Waals surface area contributed by atoms with Crippen molar-refractivity contribution in [3.05, 3.63) is 107 Å². The largest absolute Gasteiger partial charge is 0.503 e. The van der Waals surface area contributed by atoms with Crippen LogP contribution >= 0.6 is 0 Å². The van der Waals surface area contributed by atoms with E-state index in [-0.39, 0.29) is 17.7 Å². The van der Waals surface area contributed by atoms with Gasteiger partial charge in [-0.25, -0.2) is 0 Å². The minimum atomic E-state index is -0.379. The predicted octanol–water partition coefficient (Wildman–Crippen LogP) is 5.31. The molecule has 1 N–H and O–H groups in total. The molecule has 0 saturated carbocycles. The van der Waals surface area contributed by atoms with Crippen LogP contribution in [0.1, 0.15) is 35.2 Å². The second kappa shape index (κ2) is 8.46. The van der Waals surface area contributed by atoms with E-state index in [1.165, 1.54) is 5.56 Å². The molecular formula is C26H25NO3. The summed E-state index contributed by atoms with van der Waals surface area (Å²) in [6.45, 7) is 2.45.